The van der Waals surface area contributed by atoms with E-state index in [4.69, 9.17) is 4.74 Å². The first-order valence-corrected chi connectivity index (χ1v) is 9.84. The largest absolute Gasteiger partial charge is 0.488 e. The number of benzene rings is 4. The molecule has 0 unspecified atom stereocenters. The van der Waals surface area contributed by atoms with Gasteiger partial charge in [0.1, 0.15) is 12.4 Å². The zero-order valence-corrected chi connectivity index (χ0v) is 16.6. The predicted octanol–water partition coefficient (Wildman–Crippen LogP) is 7.30. The van der Waals surface area contributed by atoms with E-state index in [9.17, 15) is 0 Å². The van der Waals surface area contributed by atoms with Gasteiger partial charge in [0.25, 0.3) is 0 Å². The molecule has 4 aromatic rings. The van der Waals surface area contributed by atoms with Crippen molar-refractivity contribution in [2.24, 2.45) is 0 Å². The molecule has 0 aliphatic carbocycles. The first-order chi connectivity index (χ1) is 14.2. The van der Waals surface area contributed by atoms with Gasteiger partial charge in [-0.1, -0.05) is 110 Å². The maximum Gasteiger partial charge on any atom is 0.135 e. The standard InChI is InChI=1S/C28H24O/c1-21-12-9-10-17-25(21)22(2)26-18-11-19-27(24-15-7-4-8-16-24)28(26)29-20-23-13-5-3-6-14-23/h3-19H,2,20H2,1H3. The number of para-hydroxylation sites is 1. The summed E-state index contributed by atoms with van der Waals surface area (Å²) in [6.45, 7) is 7.06. The summed E-state index contributed by atoms with van der Waals surface area (Å²) in [7, 11) is 0. The first-order valence-electron chi connectivity index (χ1n) is 9.84. The highest BCUT2D eigenvalue weighted by atomic mass is 16.5. The Morgan fingerprint density at radius 2 is 1.31 bits per heavy atom. The van der Waals surface area contributed by atoms with Crippen molar-refractivity contribution in [3.05, 3.63) is 132 Å². The lowest BCUT2D eigenvalue weighted by Gasteiger charge is -2.19. The molecule has 0 saturated heterocycles. The van der Waals surface area contributed by atoms with Crippen LogP contribution in [0.4, 0.5) is 0 Å². The van der Waals surface area contributed by atoms with Crippen LogP contribution in [-0.2, 0) is 6.61 Å². The maximum absolute atomic E-state index is 6.43. The quantitative estimate of drug-likeness (QED) is 0.343. The lowest BCUT2D eigenvalue weighted by atomic mass is 9.92. The van der Waals surface area contributed by atoms with E-state index < -0.39 is 0 Å². The van der Waals surface area contributed by atoms with Gasteiger partial charge in [-0.25, -0.2) is 0 Å². The lowest BCUT2D eigenvalue weighted by molar-refractivity contribution is 0.306. The second kappa shape index (κ2) is 8.62. The average molecular weight is 376 g/mol. The van der Waals surface area contributed by atoms with E-state index in [1.54, 1.807) is 0 Å². The van der Waals surface area contributed by atoms with E-state index >= 15 is 0 Å². The highest BCUT2D eigenvalue weighted by molar-refractivity contribution is 5.87. The molecule has 0 amide bonds. The van der Waals surface area contributed by atoms with Crippen LogP contribution in [0.1, 0.15) is 22.3 Å². The zero-order valence-electron chi connectivity index (χ0n) is 16.6. The van der Waals surface area contributed by atoms with Gasteiger partial charge in [-0.05, 0) is 34.8 Å². The Bertz CT molecular complexity index is 1110. The normalized spacial score (nSPS) is 10.5. The van der Waals surface area contributed by atoms with Gasteiger partial charge in [0.15, 0.2) is 0 Å². The van der Waals surface area contributed by atoms with Gasteiger partial charge >= 0.3 is 0 Å². The van der Waals surface area contributed by atoms with E-state index in [1.807, 2.05) is 24.3 Å². The Balaban J connectivity index is 1.80. The highest BCUT2D eigenvalue weighted by Gasteiger charge is 2.16. The minimum atomic E-state index is 0.513. The smallest absolute Gasteiger partial charge is 0.135 e. The van der Waals surface area contributed by atoms with Gasteiger partial charge in [0.2, 0.25) is 0 Å². The van der Waals surface area contributed by atoms with Gasteiger partial charge in [0.05, 0.1) is 0 Å². The summed E-state index contributed by atoms with van der Waals surface area (Å²) in [6, 6.07) is 35.3. The first kappa shape index (κ1) is 18.8. The van der Waals surface area contributed by atoms with E-state index in [-0.39, 0.29) is 0 Å². The van der Waals surface area contributed by atoms with Gasteiger partial charge < -0.3 is 4.74 Å². The third kappa shape index (κ3) is 4.14. The number of ether oxygens (including phenoxy) is 1. The molecule has 0 aliphatic heterocycles. The second-order valence-corrected chi connectivity index (χ2v) is 7.12. The number of aryl methyl sites for hydroxylation is 1. The van der Waals surface area contributed by atoms with E-state index in [1.165, 1.54) is 5.56 Å². The molecule has 0 spiro atoms. The summed E-state index contributed by atoms with van der Waals surface area (Å²) < 4.78 is 6.43. The fourth-order valence-corrected chi connectivity index (χ4v) is 3.56. The number of hydrogen-bond acceptors (Lipinski definition) is 1. The van der Waals surface area contributed by atoms with E-state index in [0.717, 1.165) is 39.1 Å². The molecule has 0 heterocycles. The Kier molecular flexibility index (Phi) is 5.58. The van der Waals surface area contributed by atoms with Gasteiger partial charge in [-0.3, -0.25) is 0 Å². The summed E-state index contributed by atoms with van der Waals surface area (Å²) >= 11 is 0. The fraction of sp³-hybridized carbons (Fsp3) is 0.0714. The van der Waals surface area contributed by atoms with Crippen molar-refractivity contribution >= 4 is 5.57 Å². The average Bonchev–Trinajstić information content (AvgIpc) is 2.78. The third-order valence-electron chi connectivity index (χ3n) is 5.12. The van der Waals surface area contributed by atoms with Crippen LogP contribution in [-0.4, -0.2) is 0 Å². The second-order valence-electron chi connectivity index (χ2n) is 7.12. The molecular formula is C28H24O. The Labute approximate surface area is 172 Å². The molecule has 4 aromatic carbocycles. The van der Waals surface area contributed by atoms with Gasteiger partial charge in [-0.2, -0.15) is 0 Å². The van der Waals surface area contributed by atoms with Crippen LogP contribution in [0.25, 0.3) is 16.7 Å². The molecule has 0 aromatic heterocycles. The van der Waals surface area contributed by atoms with Crippen LogP contribution < -0.4 is 4.74 Å². The molecule has 4 rings (SSSR count). The molecule has 0 radical (unpaired) electrons. The van der Waals surface area contributed by atoms with Crippen molar-refractivity contribution in [1.29, 1.82) is 0 Å². The van der Waals surface area contributed by atoms with Crippen molar-refractivity contribution in [2.45, 2.75) is 13.5 Å². The topological polar surface area (TPSA) is 9.23 Å². The summed E-state index contributed by atoms with van der Waals surface area (Å²) in [6.07, 6.45) is 0. The van der Waals surface area contributed by atoms with Crippen LogP contribution in [0.15, 0.2) is 110 Å². The Morgan fingerprint density at radius 3 is 2.03 bits per heavy atom. The summed E-state index contributed by atoms with van der Waals surface area (Å²) in [5, 5.41) is 0. The van der Waals surface area contributed by atoms with Crippen LogP contribution in [0.2, 0.25) is 0 Å². The molecule has 0 fully saturated rings. The molecule has 142 valence electrons. The highest BCUT2D eigenvalue weighted by Crippen LogP contribution is 2.39. The molecule has 0 bridgehead atoms. The van der Waals surface area contributed by atoms with Crippen LogP contribution in [0.5, 0.6) is 5.75 Å². The number of rotatable bonds is 6. The van der Waals surface area contributed by atoms with Crippen molar-refractivity contribution in [2.75, 3.05) is 0 Å². The zero-order chi connectivity index (χ0) is 20.1. The van der Waals surface area contributed by atoms with Crippen LogP contribution >= 0.6 is 0 Å². The van der Waals surface area contributed by atoms with E-state index in [0.29, 0.717) is 6.61 Å². The van der Waals surface area contributed by atoms with Crippen molar-refractivity contribution in [1.82, 2.24) is 0 Å². The SMILES string of the molecule is C=C(c1ccccc1C)c1cccc(-c2ccccc2)c1OCc1ccccc1. The van der Waals surface area contributed by atoms with E-state index in [2.05, 4.69) is 92.4 Å². The minimum absolute atomic E-state index is 0.513. The summed E-state index contributed by atoms with van der Waals surface area (Å²) in [4.78, 5) is 0. The molecule has 29 heavy (non-hydrogen) atoms. The minimum Gasteiger partial charge on any atom is -0.488 e. The third-order valence-corrected chi connectivity index (χ3v) is 5.12. The fourth-order valence-electron chi connectivity index (χ4n) is 3.56. The Morgan fingerprint density at radius 1 is 0.690 bits per heavy atom. The number of hydrogen-bond donors (Lipinski definition) is 0. The van der Waals surface area contributed by atoms with Crippen molar-refractivity contribution < 1.29 is 4.74 Å². The molecular weight excluding hydrogens is 352 g/mol. The monoisotopic (exact) mass is 376 g/mol. The Hall–Kier alpha value is -3.58. The predicted molar refractivity (Wildman–Crippen MR) is 122 cm³/mol. The van der Waals surface area contributed by atoms with Gasteiger partial charge in [-0.15, -0.1) is 0 Å². The van der Waals surface area contributed by atoms with Crippen molar-refractivity contribution in [3.8, 4) is 16.9 Å². The van der Waals surface area contributed by atoms with Crippen molar-refractivity contribution in [3.63, 3.8) is 0 Å². The maximum atomic E-state index is 6.43. The van der Waals surface area contributed by atoms with Crippen LogP contribution in [0, 0.1) is 6.92 Å². The molecule has 0 atom stereocenters. The molecule has 0 saturated carbocycles. The summed E-state index contributed by atoms with van der Waals surface area (Å²) in [5.41, 5.74) is 7.70. The molecule has 1 nitrogen and oxygen atoms in total. The molecule has 1 heteroatoms. The molecule has 0 aliphatic rings. The van der Waals surface area contributed by atoms with Gasteiger partial charge in [0, 0.05) is 11.1 Å². The molecule has 0 N–H and O–H groups in total. The summed E-state index contributed by atoms with van der Waals surface area (Å²) in [5.74, 6) is 0.871. The lowest BCUT2D eigenvalue weighted by Crippen LogP contribution is -2.01. The van der Waals surface area contributed by atoms with Crippen LogP contribution in [0.3, 0.4) is 0 Å².